The molecule has 3 nitrogen and oxygen atoms in total. The fraction of sp³-hybridized carbons (Fsp3) is 0.286. The molecule has 2 N–H and O–H groups in total. The van der Waals surface area contributed by atoms with E-state index in [1.165, 1.54) is 5.56 Å². The number of rotatable bonds is 4. The lowest BCUT2D eigenvalue weighted by atomic mass is 10.0. The van der Waals surface area contributed by atoms with Gasteiger partial charge in [-0.15, -0.1) is 0 Å². The molecule has 0 spiro atoms. The van der Waals surface area contributed by atoms with Gasteiger partial charge >= 0.3 is 0 Å². The second kappa shape index (κ2) is 6.52. The molecule has 3 rings (SSSR count). The second-order valence-corrected chi connectivity index (χ2v) is 6.74. The van der Waals surface area contributed by atoms with Gasteiger partial charge in [-0.25, -0.2) is 0 Å². The van der Waals surface area contributed by atoms with Gasteiger partial charge in [0.05, 0.1) is 6.42 Å². The van der Waals surface area contributed by atoms with Crippen LogP contribution < -0.4 is 5.32 Å². The molecule has 0 aliphatic carbocycles. The Labute approximate surface area is 143 Å². The van der Waals surface area contributed by atoms with Crippen LogP contribution in [0.1, 0.15) is 42.1 Å². The standard InChI is InChI=1S/C21H24N2O/c1-13(2)16-7-5-6-8-19(16)23-21(24)12-17-15(4)22-20-10-9-14(3)11-18(17)20/h5-11,13,22H,12H2,1-4H3,(H,23,24). The molecule has 0 unspecified atom stereocenters. The number of nitrogens with one attached hydrogen (secondary N) is 2. The van der Waals surface area contributed by atoms with Gasteiger partial charge in [-0.05, 0) is 49.1 Å². The van der Waals surface area contributed by atoms with Gasteiger partial charge in [-0.3, -0.25) is 4.79 Å². The number of benzene rings is 2. The number of carbonyl (C=O) groups is 1. The molecule has 3 heteroatoms. The highest BCUT2D eigenvalue weighted by molar-refractivity contribution is 5.97. The van der Waals surface area contributed by atoms with E-state index in [1.807, 2.05) is 25.1 Å². The summed E-state index contributed by atoms with van der Waals surface area (Å²) < 4.78 is 0. The summed E-state index contributed by atoms with van der Waals surface area (Å²) in [4.78, 5) is 16.0. The van der Waals surface area contributed by atoms with E-state index in [0.717, 1.165) is 33.4 Å². The first-order valence-corrected chi connectivity index (χ1v) is 8.42. The van der Waals surface area contributed by atoms with E-state index in [9.17, 15) is 4.79 Å². The summed E-state index contributed by atoms with van der Waals surface area (Å²) in [5, 5.41) is 4.22. The van der Waals surface area contributed by atoms with E-state index < -0.39 is 0 Å². The van der Waals surface area contributed by atoms with Gasteiger partial charge in [-0.2, -0.15) is 0 Å². The summed E-state index contributed by atoms with van der Waals surface area (Å²) in [7, 11) is 0. The van der Waals surface area contributed by atoms with Crippen molar-refractivity contribution in [2.75, 3.05) is 5.32 Å². The zero-order chi connectivity index (χ0) is 17.3. The number of aromatic nitrogens is 1. The Hall–Kier alpha value is -2.55. The van der Waals surface area contributed by atoms with Crippen molar-refractivity contribution < 1.29 is 4.79 Å². The summed E-state index contributed by atoms with van der Waals surface area (Å²) in [5.74, 6) is 0.396. The van der Waals surface area contributed by atoms with Crippen molar-refractivity contribution in [3.8, 4) is 0 Å². The number of H-pyrrole nitrogens is 1. The fourth-order valence-electron chi connectivity index (χ4n) is 3.19. The van der Waals surface area contributed by atoms with Gasteiger partial charge in [-0.1, -0.05) is 43.7 Å². The van der Waals surface area contributed by atoms with E-state index >= 15 is 0 Å². The number of hydrogen-bond acceptors (Lipinski definition) is 1. The molecule has 0 bridgehead atoms. The van der Waals surface area contributed by atoms with E-state index in [2.05, 4.69) is 55.3 Å². The normalized spacial score (nSPS) is 11.2. The molecule has 24 heavy (non-hydrogen) atoms. The molecule has 124 valence electrons. The monoisotopic (exact) mass is 320 g/mol. The molecule has 0 saturated carbocycles. The Balaban J connectivity index is 1.86. The number of fused-ring (bicyclic) bond motifs is 1. The Bertz CT molecular complexity index is 890. The van der Waals surface area contributed by atoms with Crippen LogP contribution >= 0.6 is 0 Å². The topological polar surface area (TPSA) is 44.9 Å². The molecule has 0 aliphatic heterocycles. The molecule has 1 heterocycles. The molecular formula is C21H24N2O. The number of carbonyl (C=O) groups excluding carboxylic acids is 1. The summed E-state index contributed by atoms with van der Waals surface area (Å²) in [5.41, 5.74) is 6.50. The van der Waals surface area contributed by atoms with Gasteiger partial charge in [0.1, 0.15) is 0 Å². The van der Waals surface area contributed by atoms with Crippen LogP contribution in [0.25, 0.3) is 10.9 Å². The van der Waals surface area contributed by atoms with Gasteiger partial charge in [0, 0.05) is 22.3 Å². The number of aromatic amines is 1. The Morgan fingerprint density at radius 2 is 1.88 bits per heavy atom. The van der Waals surface area contributed by atoms with Crippen molar-refractivity contribution in [1.29, 1.82) is 0 Å². The van der Waals surface area contributed by atoms with Gasteiger partial charge in [0.2, 0.25) is 5.91 Å². The van der Waals surface area contributed by atoms with E-state index in [1.54, 1.807) is 0 Å². The van der Waals surface area contributed by atoms with Crippen molar-refractivity contribution in [2.45, 2.75) is 40.0 Å². The Kier molecular flexibility index (Phi) is 4.43. The average molecular weight is 320 g/mol. The van der Waals surface area contributed by atoms with Crippen LogP contribution in [0.4, 0.5) is 5.69 Å². The van der Waals surface area contributed by atoms with Gasteiger partial charge < -0.3 is 10.3 Å². The van der Waals surface area contributed by atoms with Crippen LogP contribution in [0.15, 0.2) is 42.5 Å². The second-order valence-electron chi connectivity index (χ2n) is 6.74. The minimum Gasteiger partial charge on any atom is -0.358 e. The quantitative estimate of drug-likeness (QED) is 0.691. The highest BCUT2D eigenvalue weighted by atomic mass is 16.1. The van der Waals surface area contributed by atoms with Crippen molar-refractivity contribution in [3.63, 3.8) is 0 Å². The maximum Gasteiger partial charge on any atom is 0.228 e. The van der Waals surface area contributed by atoms with Crippen LogP contribution in [0.5, 0.6) is 0 Å². The molecule has 1 aromatic heterocycles. The Morgan fingerprint density at radius 3 is 2.62 bits per heavy atom. The smallest absolute Gasteiger partial charge is 0.228 e. The molecule has 0 saturated heterocycles. The first-order valence-electron chi connectivity index (χ1n) is 8.42. The molecular weight excluding hydrogens is 296 g/mol. The molecule has 3 aromatic rings. The molecule has 0 atom stereocenters. The number of anilines is 1. The predicted molar refractivity (Wildman–Crippen MR) is 101 cm³/mol. The number of hydrogen-bond donors (Lipinski definition) is 2. The van der Waals surface area contributed by atoms with Crippen LogP contribution in [0.2, 0.25) is 0 Å². The number of para-hydroxylation sites is 1. The van der Waals surface area contributed by atoms with E-state index in [0.29, 0.717) is 12.3 Å². The molecule has 1 amide bonds. The average Bonchev–Trinajstić information content (AvgIpc) is 2.83. The third-order valence-corrected chi connectivity index (χ3v) is 4.47. The van der Waals surface area contributed by atoms with Gasteiger partial charge in [0.15, 0.2) is 0 Å². The molecule has 0 aliphatic rings. The highest BCUT2D eigenvalue weighted by Crippen LogP contribution is 2.26. The van der Waals surface area contributed by atoms with Crippen molar-refractivity contribution in [3.05, 3.63) is 64.8 Å². The maximum atomic E-state index is 12.6. The van der Waals surface area contributed by atoms with E-state index in [4.69, 9.17) is 0 Å². The summed E-state index contributed by atoms with van der Waals surface area (Å²) in [6, 6.07) is 14.3. The minimum atomic E-state index is 0.0219. The molecule has 2 aromatic carbocycles. The Morgan fingerprint density at radius 1 is 1.12 bits per heavy atom. The maximum absolute atomic E-state index is 12.6. The van der Waals surface area contributed by atoms with E-state index in [-0.39, 0.29) is 5.91 Å². The largest absolute Gasteiger partial charge is 0.358 e. The highest BCUT2D eigenvalue weighted by Gasteiger charge is 2.14. The van der Waals surface area contributed by atoms with Crippen LogP contribution in [0, 0.1) is 13.8 Å². The van der Waals surface area contributed by atoms with Gasteiger partial charge in [0.25, 0.3) is 0 Å². The first kappa shape index (κ1) is 16.3. The molecule has 0 radical (unpaired) electrons. The number of amides is 1. The first-order chi connectivity index (χ1) is 11.5. The lowest BCUT2D eigenvalue weighted by Gasteiger charge is -2.13. The van der Waals surface area contributed by atoms with Crippen LogP contribution in [-0.2, 0) is 11.2 Å². The third kappa shape index (κ3) is 3.21. The van der Waals surface area contributed by atoms with Crippen molar-refractivity contribution in [2.24, 2.45) is 0 Å². The lowest BCUT2D eigenvalue weighted by molar-refractivity contribution is -0.115. The minimum absolute atomic E-state index is 0.0219. The van der Waals surface area contributed by atoms with Crippen LogP contribution in [0.3, 0.4) is 0 Å². The third-order valence-electron chi connectivity index (χ3n) is 4.47. The van der Waals surface area contributed by atoms with Crippen molar-refractivity contribution >= 4 is 22.5 Å². The lowest BCUT2D eigenvalue weighted by Crippen LogP contribution is -2.16. The summed E-state index contributed by atoms with van der Waals surface area (Å²) >= 11 is 0. The number of aryl methyl sites for hydroxylation is 2. The van der Waals surface area contributed by atoms with Crippen molar-refractivity contribution in [1.82, 2.24) is 4.98 Å². The summed E-state index contributed by atoms with van der Waals surface area (Å²) in [6.07, 6.45) is 0.377. The fourth-order valence-corrected chi connectivity index (χ4v) is 3.19. The molecule has 0 fully saturated rings. The summed E-state index contributed by atoms with van der Waals surface area (Å²) in [6.45, 7) is 8.37. The zero-order valence-corrected chi connectivity index (χ0v) is 14.7. The SMILES string of the molecule is Cc1ccc2[nH]c(C)c(CC(=O)Nc3ccccc3C(C)C)c2c1. The van der Waals surface area contributed by atoms with Crippen LogP contribution in [-0.4, -0.2) is 10.9 Å². The zero-order valence-electron chi connectivity index (χ0n) is 14.7. The predicted octanol–water partition coefficient (Wildman–Crippen LogP) is 5.09.